The van der Waals surface area contributed by atoms with Gasteiger partial charge in [0.1, 0.15) is 11.2 Å². The van der Waals surface area contributed by atoms with E-state index in [1.165, 1.54) is 0 Å². The molecule has 0 saturated carbocycles. The Labute approximate surface area is 121 Å². The molecule has 0 amide bonds. The number of aliphatic hydroxyl groups is 2. The second-order valence-corrected chi connectivity index (χ2v) is 6.15. The van der Waals surface area contributed by atoms with Crippen molar-refractivity contribution in [1.29, 1.82) is 0 Å². The van der Waals surface area contributed by atoms with Gasteiger partial charge in [0.25, 0.3) is 0 Å². The molecule has 1 aromatic carbocycles. The minimum Gasteiger partial charge on any atom is -0.381 e. The van der Waals surface area contributed by atoms with Crippen molar-refractivity contribution in [2.75, 3.05) is 0 Å². The summed E-state index contributed by atoms with van der Waals surface area (Å²) in [5.74, 6) is 0. The van der Waals surface area contributed by atoms with Crippen molar-refractivity contribution in [3.05, 3.63) is 57.7 Å². The molecular formula is C18H24O2. The van der Waals surface area contributed by atoms with Gasteiger partial charge in [0.2, 0.25) is 0 Å². The van der Waals surface area contributed by atoms with Crippen LogP contribution in [0.1, 0.15) is 45.7 Å². The lowest BCUT2D eigenvalue weighted by atomic mass is 9.67. The van der Waals surface area contributed by atoms with Gasteiger partial charge in [-0.25, -0.2) is 0 Å². The minimum atomic E-state index is -1.12. The van der Waals surface area contributed by atoms with E-state index in [1.54, 1.807) is 6.92 Å². The van der Waals surface area contributed by atoms with Crippen molar-refractivity contribution >= 4 is 0 Å². The number of hydrogen-bond donors (Lipinski definition) is 2. The van der Waals surface area contributed by atoms with Gasteiger partial charge in [-0.05, 0) is 69.4 Å². The Balaban J connectivity index is 2.72. The highest BCUT2D eigenvalue weighted by atomic mass is 16.3. The zero-order valence-corrected chi connectivity index (χ0v) is 13.2. The van der Waals surface area contributed by atoms with Crippen LogP contribution < -0.4 is 0 Å². The van der Waals surface area contributed by atoms with E-state index in [4.69, 9.17) is 0 Å². The van der Waals surface area contributed by atoms with E-state index in [0.29, 0.717) is 0 Å². The summed E-state index contributed by atoms with van der Waals surface area (Å²) in [6.45, 7) is 11.4. The molecule has 0 atom stereocenters. The topological polar surface area (TPSA) is 40.5 Å². The van der Waals surface area contributed by atoms with Crippen LogP contribution in [0.5, 0.6) is 0 Å². The summed E-state index contributed by atoms with van der Waals surface area (Å²) in [6.07, 6.45) is 0. The van der Waals surface area contributed by atoms with Gasteiger partial charge < -0.3 is 10.2 Å². The third-order valence-electron chi connectivity index (χ3n) is 5.14. The first-order chi connectivity index (χ1) is 9.13. The average Bonchev–Trinajstić information content (AvgIpc) is 2.42. The molecule has 2 heteroatoms. The molecular weight excluding hydrogens is 248 g/mol. The molecule has 20 heavy (non-hydrogen) atoms. The quantitative estimate of drug-likeness (QED) is 0.767. The van der Waals surface area contributed by atoms with Crippen LogP contribution in [0, 0.1) is 6.92 Å². The van der Waals surface area contributed by atoms with Gasteiger partial charge in [-0.3, -0.25) is 0 Å². The zero-order valence-electron chi connectivity index (χ0n) is 13.2. The lowest BCUT2D eigenvalue weighted by Gasteiger charge is -2.43. The largest absolute Gasteiger partial charge is 0.381 e. The molecule has 1 aliphatic carbocycles. The lowest BCUT2D eigenvalue weighted by molar-refractivity contribution is 0.0767. The first kappa shape index (κ1) is 15.0. The molecule has 0 aromatic heterocycles. The van der Waals surface area contributed by atoms with Crippen LogP contribution >= 0.6 is 0 Å². The predicted molar refractivity (Wildman–Crippen MR) is 82.4 cm³/mol. The van der Waals surface area contributed by atoms with Gasteiger partial charge in [-0.1, -0.05) is 29.8 Å². The molecule has 2 N–H and O–H groups in total. The van der Waals surface area contributed by atoms with Crippen molar-refractivity contribution in [3.63, 3.8) is 0 Å². The first-order valence-corrected chi connectivity index (χ1v) is 7.02. The van der Waals surface area contributed by atoms with Crippen LogP contribution in [0.4, 0.5) is 0 Å². The van der Waals surface area contributed by atoms with Gasteiger partial charge in [-0.2, -0.15) is 0 Å². The maximum absolute atomic E-state index is 11.3. The van der Waals surface area contributed by atoms with E-state index in [9.17, 15) is 10.2 Å². The van der Waals surface area contributed by atoms with Crippen LogP contribution in [-0.4, -0.2) is 15.8 Å². The van der Waals surface area contributed by atoms with E-state index in [0.717, 1.165) is 33.4 Å². The summed E-state index contributed by atoms with van der Waals surface area (Å²) in [6, 6.07) is 7.93. The molecule has 0 aliphatic heterocycles. The molecule has 1 aromatic rings. The summed E-state index contributed by atoms with van der Waals surface area (Å²) in [5.41, 5.74) is 3.19. The Hall–Kier alpha value is -1.38. The standard InChI is InChI=1S/C18H24O2/c1-11-7-9-16(10-8-11)18(20)14(4)12(2)17(6,19)13(3)15(18)5/h7-10,19-20H,1-6H3. The van der Waals surface area contributed by atoms with Gasteiger partial charge in [-0.15, -0.1) is 0 Å². The zero-order chi connectivity index (χ0) is 15.3. The predicted octanol–water partition coefficient (Wildman–Crippen LogP) is 3.62. The second kappa shape index (κ2) is 4.57. The number of hydrogen-bond acceptors (Lipinski definition) is 2. The third-order valence-corrected chi connectivity index (χ3v) is 5.14. The van der Waals surface area contributed by atoms with Crippen LogP contribution in [0.15, 0.2) is 46.6 Å². The van der Waals surface area contributed by atoms with Gasteiger partial charge in [0.15, 0.2) is 0 Å². The molecule has 0 fully saturated rings. The maximum Gasteiger partial charge on any atom is 0.132 e. The van der Waals surface area contributed by atoms with Crippen LogP contribution in [-0.2, 0) is 5.60 Å². The first-order valence-electron chi connectivity index (χ1n) is 7.02. The van der Waals surface area contributed by atoms with Gasteiger partial charge in [0, 0.05) is 0 Å². The summed E-state index contributed by atoms with van der Waals surface area (Å²) < 4.78 is 0. The van der Waals surface area contributed by atoms with Crippen molar-refractivity contribution in [2.45, 2.75) is 52.7 Å². The maximum atomic E-state index is 11.3. The third kappa shape index (κ3) is 1.87. The molecule has 0 unspecified atom stereocenters. The normalized spacial score (nSPS) is 31.0. The fourth-order valence-corrected chi connectivity index (χ4v) is 3.06. The molecule has 0 bridgehead atoms. The van der Waals surface area contributed by atoms with Crippen molar-refractivity contribution in [2.24, 2.45) is 0 Å². The van der Waals surface area contributed by atoms with Gasteiger partial charge in [0.05, 0.1) is 0 Å². The summed E-state index contributed by atoms with van der Waals surface area (Å²) in [7, 11) is 0. The van der Waals surface area contributed by atoms with E-state index < -0.39 is 11.2 Å². The highest BCUT2D eigenvalue weighted by Crippen LogP contribution is 2.48. The van der Waals surface area contributed by atoms with Crippen molar-refractivity contribution < 1.29 is 10.2 Å². The molecule has 0 spiro atoms. The summed E-state index contributed by atoms with van der Waals surface area (Å²) >= 11 is 0. The fraction of sp³-hybridized carbons (Fsp3) is 0.444. The molecule has 2 nitrogen and oxygen atoms in total. The Morgan fingerprint density at radius 1 is 0.700 bits per heavy atom. The lowest BCUT2D eigenvalue weighted by Crippen LogP contribution is -2.42. The molecule has 0 heterocycles. The molecule has 108 valence electrons. The van der Waals surface area contributed by atoms with E-state index >= 15 is 0 Å². The molecule has 2 rings (SSSR count). The molecule has 0 radical (unpaired) electrons. The SMILES string of the molecule is CC1=C(C)C(O)(c2ccc(C)cc2)C(C)=C(C)C1(C)O. The number of benzene rings is 1. The van der Waals surface area contributed by atoms with E-state index in [2.05, 4.69) is 0 Å². The van der Waals surface area contributed by atoms with Crippen molar-refractivity contribution in [1.82, 2.24) is 0 Å². The van der Waals surface area contributed by atoms with Crippen molar-refractivity contribution in [3.8, 4) is 0 Å². The fourth-order valence-electron chi connectivity index (χ4n) is 3.06. The Morgan fingerprint density at radius 2 is 1.10 bits per heavy atom. The number of rotatable bonds is 1. The average molecular weight is 272 g/mol. The van der Waals surface area contributed by atoms with E-state index in [1.807, 2.05) is 58.9 Å². The van der Waals surface area contributed by atoms with Crippen LogP contribution in [0.3, 0.4) is 0 Å². The Bertz CT molecular complexity index is 573. The van der Waals surface area contributed by atoms with Crippen LogP contribution in [0.2, 0.25) is 0 Å². The Morgan fingerprint density at radius 3 is 1.50 bits per heavy atom. The smallest absolute Gasteiger partial charge is 0.132 e. The monoisotopic (exact) mass is 272 g/mol. The van der Waals surface area contributed by atoms with Crippen LogP contribution in [0.25, 0.3) is 0 Å². The summed E-state index contributed by atoms with van der Waals surface area (Å²) in [5, 5.41) is 22.0. The number of aryl methyl sites for hydroxylation is 1. The van der Waals surface area contributed by atoms with E-state index in [-0.39, 0.29) is 0 Å². The summed E-state index contributed by atoms with van der Waals surface area (Å²) in [4.78, 5) is 0. The molecule has 0 saturated heterocycles. The van der Waals surface area contributed by atoms with Gasteiger partial charge >= 0.3 is 0 Å². The second-order valence-electron chi connectivity index (χ2n) is 6.15. The Kier molecular flexibility index (Phi) is 3.43. The highest BCUT2D eigenvalue weighted by Gasteiger charge is 2.45. The minimum absolute atomic E-state index is 0.814. The highest BCUT2D eigenvalue weighted by molar-refractivity contribution is 5.53. The molecule has 1 aliphatic rings.